The summed E-state index contributed by atoms with van der Waals surface area (Å²) in [6.45, 7) is 0.831. The number of aromatic hydroxyl groups is 1. The summed E-state index contributed by atoms with van der Waals surface area (Å²) in [7, 11) is 3.77. The molecule has 5 rings (SSSR count). The van der Waals surface area contributed by atoms with E-state index in [9.17, 15) is 14.7 Å². The zero-order chi connectivity index (χ0) is 20.3. The Hall–Kier alpha value is -3.29. The molecule has 0 bridgehead atoms. The van der Waals surface area contributed by atoms with Crippen molar-refractivity contribution in [1.29, 1.82) is 0 Å². The summed E-state index contributed by atoms with van der Waals surface area (Å²) in [5, 5.41) is 11.8. The van der Waals surface area contributed by atoms with Crippen LogP contribution in [0.4, 0.5) is 0 Å². The third-order valence-corrected chi connectivity index (χ3v) is 5.29. The number of hydrogen-bond donors (Lipinski definition) is 2. The Labute approximate surface area is 176 Å². The molecule has 8 heteroatoms. The van der Waals surface area contributed by atoms with Crippen molar-refractivity contribution in [2.45, 2.75) is 6.54 Å². The van der Waals surface area contributed by atoms with Gasteiger partial charge in [-0.05, 0) is 44.4 Å². The first-order valence-electron chi connectivity index (χ1n) is 9.33. The van der Waals surface area contributed by atoms with Gasteiger partial charge in [0.15, 0.2) is 11.2 Å². The molecule has 0 fully saturated rings. The predicted molar refractivity (Wildman–Crippen MR) is 121 cm³/mol. The Bertz CT molecular complexity index is 1550. The van der Waals surface area contributed by atoms with Gasteiger partial charge in [0.1, 0.15) is 5.75 Å². The summed E-state index contributed by atoms with van der Waals surface area (Å²) in [5.74, 6) is 0.0313. The highest BCUT2D eigenvalue weighted by atomic mass is 35.5. The maximum Gasteiger partial charge on any atom is 0.265 e. The van der Waals surface area contributed by atoms with Crippen molar-refractivity contribution in [2.24, 2.45) is 0 Å². The normalized spacial score (nSPS) is 11.7. The number of phenols is 1. The average Bonchev–Trinajstić information content (AvgIpc) is 2.95. The lowest BCUT2D eigenvalue weighted by Crippen LogP contribution is -2.30. The number of nitrogens with zero attached hydrogens (tertiary/aromatic N) is 2. The molecule has 0 aliphatic heterocycles. The van der Waals surface area contributed by atoms with E-state index < -0.39 is 0 Å². The molecule has 2 heterocycles. The molecule has 0 amide bonds. The van der Waals surface area contributed by atoms with Gasteiger partial charge in [0.05, 0.1) is 21.8 Å². The van der Waals surface area contributed by atoms with Crippen molar-refractivity contribution in [2.75, 3.05) is 20.6 Å². The number of aromatic amines is 1. The first kappa shape index (κ1) is 20.0. The Morgan fingerprint density at radius 3 is 2.53 bits per heavy atom. The van der Waals surface area contributed by atoms with Crippen molar-refractivity contribution in [1.82, 2.24) is 14.5 Å². The van der Waals surface area contributed by atoms with Crippen LogP contribution in [0.1, 0.15) is 0 Å². The van der Waals surface area contributed by atoms with E-state index in [1.165, 1.54) is 10.6 Å². The summed E-state index contributed by atoms with van der Waals surface area (Å²) in [4.78, 5) is 31.7. The molecule has 0 atom stereocenters. The number of nitrogens with one attached hydrogen (secondary N) is 1. The monoisotopic (exact) mass is 425 g/mol. The van der Waals surface area contributed by atoms with E-state index in [1.54, 1.807) is 12.1 Å². The zero-order valence-corrected chi connectivity index (χ0v) is 17.2. The van der Waals surface area contributed by atoms with Crippen molar-refractivity contribution in [3.63, 3.8) is 0 Å². The van der Waals surface area contributed by atoms with Crippen LogP contribution < -0.4 is 11.1 Å². The standard InChI is InChI=1S/C22H19N3O4.ClH/c1-24(2)9-10-25-21(27)17-14-11-12(26)7-8-13(14)19-20(18(17)22(25)28)29-16-6-4-3-5-15(16)23-19;/h3-8,11,23,26H,9-10H2,1-2H3;1H. The van der Waals surface area contributed by atoms with Crippen LogP contribution in [0, 0.1) is 0 Å². The minimum atomic E-state index is -0.380. The molecule has 2 N–H and O–H groups in total. The van der Waals surface area contributed by atoms with Crippen LogP contribution in [0.2, 0.25) is 0 Å². The quantitative estimate of drug-likeness (QED) is 0.341. The van der Waals surface area contributed by atoms with Crippen molar-refractivity contribution in [3.05, 3.63) is 63.2 Å². The fraction of sp³-hybridized carbons (Fsp3) is 0.182. The Kier molecular flexibility index (Phi) is 4.80. The molecule has 154 valence electrons. The minimum absolute atomic E-state index is 0. The van der Waals surface area contributed by atoms with Crippen molar-refractivity contribution >= 4 is 56.2 Å². The van der Waals surface area contributed by atoms with E-state index in [1.807, 2.05) is 43.3 Å². The number of phenolic OH excluding ortho intramolecular Hbond substituents is 1. The predicted octanol–water partition coefficient (Wildman–Crippen LogP) is 3.43. The molecule has 0 saturated carbocycles. The molecule has 0 aliphatic rings. The third kappa shape index (κ3) is 2.86. The van der Waals surface area contributed by atoms with Crippen LogP contribution >= 0.6 is 12.4 Å². The molecule has 3 aromatic carbocycles. The zero-order valence-electron chi connectivity index (χ0n) is 16.4. The van der Waals surface area contributed by atoms with Crippen LogP contribution in [-0.2, 0) is 6.54 Å². The maximum atomic E-state index is 13.2. The highest BCUT2D eigenvalue weighted by Gasteiger charge is 2.22. The second-order valence-electron chi connectivity index (χ2n) is 7.47. The van der Waals surface area contributed by atoms with Gasteiger partial charge >= 0.3 is 0 Å². The Morgan fingerprint density at radius 1 is 1.03 bits per heavy atom. The fourth-order valence-electron chi connectivity index (χ4n) is 3.87. The van der Waals surface area contributed by atoms with Gasteiger partial charge in [0.2, 0.25) is 0 Å². The topological polar surface area (TPSA) is 91.5 Å². The summed E-state index contributed by atoms with van der Waals surface area (Å²) >= 11 is 0. The summed E-state index contributed by atoms with van der Waals surface area (Å²) in [6, 6.07) is 12.2. The lowest BCUT2D eigenvalue weighted by Gasteiger charge is -2.08. The minimum Gasteiger partial charge on any atom is -0.508 e. The number of rotatable bonds is 3. The number of H-pyrrole nitrogens is 1. The SMILES string of the molecule is CN(C)CCn1c(=O)c2c3cc(O)ccc3c3[nH]c4ccccc4oc3c2c1=O.Cl. The lowest BCUT2D eigenvalue weighted by atomic mass is 10.0. The molecular weight excluding hydrogens is 406 g/mol. The molecule has 2 aromatic heterocycles. The van der Waals surface area contributed by atoms with Crippen molar-refractivity contribution < 1.29 is 9.52 Å². The molecule has 0 radical (unpaired) electrons. The fourth-order valence-corrected chi connectivity index (χ4v) is 3.87. The van der Waals surface area contributed by atoms with Crippen LogP contribution in [0.3, 0.4) is 0 Å². The first-order valence-corrected chi connectivity index (χ1v) is 9.33. The smallest absolute Gasteiger partial charge is 0.265 e. The van der Waals surface area contributed by atoms with Crippen LogP contribution in [0.15, 0.2) is 56.5 Å². The van der Waals surface area contributed by atoms with Crippen molar-refractivity contribution in [3.8, 4) is 5.75 Å². The van der Waals surface area contributed by atoms with Gasteiger partial charge < -0.3 is 19.4 Å². The van der Waals surface area contributed by atoms with E-state index in [0.717, 1.165) is 5.52 Å². The highest BCUT2D eigenvalue weighted by Crippen LogP contribution is 2.34. The van der Waals surface area contributed by atoms with E-state index in [0.29, 0.717) is 34.0 Å². The molecule has 0 spiro atoms. The summed E-state index contributed by atoms with van der Waals surface area (Å²) in [6.07, 6.45) is 0. The molecule has 0 saturated heterocycles. The average molecular weight is 426 g/mol. The maximum absolute atomic E-state index is 13.2. The van der Waals surface area contributed by atoms with Gasteiger partial charge in [-0.1, -0.05) is 12.1 Å². The first-order chi connectivity index (χ1) is 14.0. The second-order valence-corrected chi connectivity index (χ2v) is 7.47. The van der Waals surface area contributed by atoms with Gasteiger partial charge in [0.25, 0.3) is 11.1 Å². The van der Waals surface area contributed by atoms with Gasteiger partial charge in [-0.25, -0.2) is 0 Å². The van der Waals surface area contributed by atoms with E-state index >= 15 is 0 Å². The molecule has 5 aromatic rings. The highest BCUT2D eigenvalue weighted by molar-refractivity contribution is 6.23. The molecule has 30 heavy (non-hydrogen) atoms. The molecule has 7 nitrogen and oxygen atoms in total. The summed E-state index contributed by atoms with van der Waals surface area (Å²) < 4.78 is 7.36. The van der Waals surface area contributed by atoms with E-state index in [2.05, 4.69) is 4.98 Å². The van der Waals surface area contributed by atoms with Gasteiger partial charge in [0, 0.05) is 23.9 Å². The number of aromatic nitrogens is 2. The Morgan fingerprint density at radius 2 is 1.77 bits per heavy atom. The van der Waals surface area contributed by atoms with E-state index in [-0.39, 0.29) is 46.6 Å². The number of hydrogen-bond acceptors (Lipinski definition) is 5. The Balaban J connectivity index is 0.00000218. The van der Waals surface area contributed by atoms with Gasteiger partial charge in [-0.15, -0.1) is 12.4 Å². The van der Waals surface area contributed by atoms with Crippen LogP contribution in [-0.4, -0.2) is 40.2 Å². The third-order valence-electron chi connectivity index (χ3n) is 5.29. The number of para-hydroxylation sites is 2. The van der Waals surface area contributed by atoms with Gasteiger partial charge in [-0.2, -0.15) is 0 Å². The van der Waals surface area contributed by atoms with Crippen LogP contribution in [0.25, 0.3) is 43.7 Å². The largest absolute Gasteiger partial charge is 0.508 e. The summed E-state index contributed by atoms with van der Waals surface area (Å²) in [5.41, 5.74) is 1.58. The molecule has 0 unspecified atom stereocenters. The van der Waals surface area contributed by atoms with Crippen LogP contribution in [0.5, 0.6) is 5.75 Å². The molecule has 0 aliphatic carbocycles. The number of halogens is 1. The molecular formula is C22H20ClN3O4. The number of fused-ring (bicyclic) bond motifs is 7. The number of likely N-dealkylation sites (N-methyl/N-ethyl adjacent to an activating group) is 1. The second kappa shape index (κ2) is 7.19. The lowest BCUT2D eigenvalue weighted by molar-refractivity contribution is 0.380. The van der Waals surface area contributed by atoms with Gasteiger partial charge in [-0.3, -0.25) is 14.2 Å². The number of benzene rings is 3. The van der Waals surface area contributed by atoms with E-state index in [4.69, 9.17) is 4.42 Å².